The number of nitrogens with zero attached hydrogens (tertiary/aromatic N) is 1. The summed E-state index contributed by atoms with van der Waals surface area (Å²) in [6.45, 7) is 1.36. The first kappa shape index (κ1) is 17.0. The lowest BCUT2D eigenvalue weighted by Crippen LogP contribution is -2.27. The van der Waals surface area contributed by atoms with Gasteiger partial charge in [0.25, 0.3) is 0 Å². The summed E-state index contributed by atoms with van der Waals surface area (Å²) in [6, 6.07) is 9.50. The van der Waals surface area contributed by atoms with Gasteiger partial charge in [-0.25, -0.2) is 13.2 Å². The van der Waals surface area contributed by atoms with Crippen LogP contribution >= 0.6 is 0 Å². The predicted octanol–water partition coefficient (Wildman–Crippen LogP) is 3.36. The smallest absolute Gasteiger partial charge is 0.194 e. The summed E-state index contributed by atoms with van der Waals surface area (Å²) in [5, 5.41) is 21.4. The summed E-state index contributed by atoms with van der Waals surface area (Å²) in [4.78, 5) is 0. The Labute approximate surface area is 132 Å². The van der Waals surface area contributed by atoms with E-state index in [0.29, 0.717) is 5.56 Å². The van der Waals surface area contributed by atoms with E-state index in [4.69, 9.17) is 5.26 Å². The second kappa shape index (κ2) is 7.27. The maximum Gasteiger partial charge on any atom is 0.194 e. The number of halogens is 3. The van der Waals surface area contributed by atoms with Crippen LogP contribution in [-0.2, 0) is 0 Å². The SMILES string of the molecule is CC(NC(CO)c1cc(F)c(F)c(F)c1)c1cccc(C#N)c1. The van der Waals surface area contributed by atoms with Gasteiger partial charge < -0.3 is 10.4 Å². The number of hydrogen-bond donors (Lipinski definition) is 2. The molecule has 0 heterocycles. The van der Waals surface area contributed by atoms with Crippen LogP contribution in [0, 0.1) is 28.8 Å². The molecule has 2 aromatic carbocycles. The van der Waals surface area contributed by atoms with E-state index in [1.807, 2.05) is 6.07 Å². The lowest BCUT2D eigenvalue weighted by atomic mass is 10.0. The number of aliphatic hydroxyl groups excluding tert-OH is 1. The molecule has 0 radical (unpaired) electrons. The Bertz CT molecular complexity index is 720. The van der Waals surface area contributed by atoms with Crippen LogP contribution in [-0.4, -0.2) is 11.7 Å². The Morgan fingerprint density at radius 1 is 1.13 bits per heavy atom. The zero-order valence-corrected chi connectivity index (χ0v) is 12.4. The summed E-state index contributed by atoms with van der Waals surface area (Å²) >= 11 is 0. The van der Waals surface area contributed by atoms with Gasteiger partial charge in [0, 0.05) is 6.04 Å². The van der Waals surface area contributed by atoms with Crippen LogP contribution in [0.25, 0.3) is 0 Å². The van der Waals surface area contributed by atoms with Gasteiger partial charge in [-0.15, -0.1) is 0 Å². The number of benzene rings is 2. The molecule has 2 atom stereocenters. The third-order valence-corrected chi connectivity index (χ3v) is 3.56. The molecule has 23 heavy (non-hydrogen) atoms. The molecule has 2 N–H and O–H groups in total. The Morgan fingerprint density at radius 3 is 2.35 bits per heavy atom. The van der Waals surface area contributed by atoms with Gasteiger partial charge in [-0.1, -0.05) is 12.1 Å². The van der Waals surface area contributed by atoms with Gasteiger partial charge in [0.1, 0.15) is 0 Å². The van der Waals surface area contributed by atoms with Gasteiger partial charge in [-0.3, -0.25) is 0 Å². The second-order valence-corrected chi connectivity index (χ2v) is 5.16. The van der Waals surface area contributed by atoms with Crippen molar-refractivity contribution in [3.63, 3.8) is 0 Å². The van der Waals surface area contributed by atoms with Crippen LogP contribution in [0.1, 0.15) is 35.7 Å². The predicted molar refractivity (Wildman–Crippen MR) is 78.9 cm³/mol. The molecule has 2 aromatic rings. The summed E-state index contributed by atoms with van der Waals surface area (Å²) in [7, 11) is 0. The van der Waals surface area contributed by atoms with E-state index in [9.17, 15) is 18.3 Å². The van der Waals surface area contributed by atoms with Crippen molar-refractivity contribution in [2.75, 3.05) is 6.61 Å². The standard InChI is InChI=1S/C17H15F3N2O/c1-10(12-4-2-3-11(5-12)8-21)22-16(9-23)13-6-14(18)17(20)15(19)7-13/h2-7,10,16,22-23H,9H2,1H3. The van der Waals surface area contributed by atoms with Gasteiger partial charge >= 0.3 is 0 Å². The van der Waals surface area contributed by atoms with Crippen molar-refractivity contribution in [1.29, 1.82) is 5.26 Å². The van der Waals surface area contributed by atoms with Crippen molar-refractivity contribution in [2.24, 2.45) is 0 Å². The van der Waals surface area contributed by atoms with Crippen molar-refractivity contribution in [3.8, 4) is 6.07 Å². The fourth-order valence-corrected chi connectivity index (χ4v) is 2.31. The van der Waals surface area contributed by atoms with E-state index in [1.54, 1.807) is 31.2 Å². The van der Waals surface area contributed by atoms with Crippen LogP contribution in [0.15, 0.2) is 36.4 Å². The van der Waals surface area contributed by atoms with E-state index >= 15 is 0 Å². The van der Waals surface area contributed by atoms with Crippen molar-refractivity contribution in [1.82, 2.24) is 5.32 Å². The first-order valence-electron chi connectivity index (χ1n) is 6.97. The van der Waals surface area contributed by atoms with Crippen molar-refractivity contribution >= 4 is 0 Å². The lowest BCUT2D eigenvalue weighted by Gasteiger charge is -2.23. The molecular weight excluding hydrogens is 305 g/mol. The van der Waals surface area contributed by atoms with Gasteiger partial charge in [0.2, 0.25) is 0 Å². The molecule has 0 aromatic heterocycles. The van der Waals surface area contributed by atoms with Crippen LogP contribution in [0.5, 0.6) is 0 Å². The molecule has 0 saturated heterocycles. The summed E-state index contributed by atoms with van der Waals surface area (Å²) < 4.78 is 39.7. The highest BCUT2D eigenvalue weighted by molar-refractivity contribution is 5.34. The maximum atomic E-state index is 13.3. The number of hydrogen-bond acceptors (Lipinski definition) is 3. The molecule has 0 aliphatic carbocycles. The number of aliphatic hydroxyl groups is 1. The highest BCUT2D eigenvalue weighted by Gasteiger charge is 2.19. The minimum absolute atomic E-state index is 0.104. The molecule has 2 unspecified atom stereocenters. The molecule has 2 rings (SSSR count). The van der Waals surface area contributed by atoms with Gasteiger partial charge in [-0.05, 0) is 42.3 Å². The fourth-order valence-electron chi connectivity index (χ4n) is 2.31. The first-order valence-corrected chi connectivity index (χ1v) is 6.97. The van der Waals surface area contributed by atoms with Crippen LogP contribution in [0.3, 0.4) is 0 Å². The number of nitrogens with one attached hydrogen (secondary N) is 1. The summed E-state index contributed by atoms with van der Waals surface area (Å²) in [5.74, 6) is -4.15. The largest absolute Gasteiger partial charge is 0.394 e. The van der Waals surface area contributed by atoms with Gasteiger partial charge in [-0.2, -0.15) is 5.26 Å². The lowest BCUT2D eigenvalue weighted by molar-refractivity contribution is 0.234. The van der Waals surface area contributed by atoms with Crippen molar-refractivity contribution in [3.05, 3.63) is 70.5 Å². The fraction of sp³-hybridized carbons (Fsp3) is 0.235. The Morgan fingerprint density at radius 2 is 1.78 bits per heavy atom. The number of nitriles is 1. The minimum Gasteiger partial charge on any atom is -0.394 e. The summed E-state index contributed by atoms with van der Waals surface area (Å²) in [5.41, 5.74) is 1.37. The monoisotopic (exact) mass is 320 g/mol. The third kappa shape index (κ3) is 3.89. The molecule has 0 amide bonds. The molecule has 0 saturated carbocycles. The number of rotatable bonds is 5. The maximum absolute atomic E-state index is 13.3. The van der Waals surface area contributed by atoms with Crippen LogP contribution < -0.4 is 5.32 Å². The molecule has 0 aliphatic rings. The second-order valence-electron chi connectivity index (χ2n) is 5.16. The Kier molecular flexibility index (Phi) is 5.37. The van der Waals surface area contributed by atoms with Crippen LogP contribution in [0.4, 0.5) is 13.2 Å². The molecule has 0 aliphatic heterocycles. The van der Waals surface area contributed by atoms with E-state index in [1.165, 1.54) is 0 Å². The summed E-state index contributed by atoms with van der Waals surface area (Å²) in [6.07, 6.45) is 0. The third-order valence-electron chi connectivity index (χ3n) is 3.56. The molecular formula is C17H15F3N2O. The molecule has 0 fully saturated rings. The van der Waals surface area contributed by atoms with E-state index in [0.717, 1.165) is 17.7 Å². The topological polar surface area (TPSA) is 56.0 Å². The highest BCUT2D eigenvalue weighted by Crippen LogP contribution is 2.23. The molecule has 0 bridgehead atoms. The quantitative estimate of drug-likeness (QED) is 0.831. The normalized spacial score (nSPS) is 13.4. The molecule has 120 valence electrons. The zero-order valence-electron chi connectivity index (χ0n) is 12.4. The average Bonchev–Trinajstić information content (AvgIpc) is 2.56. The first-order chi connectivity index (χ1) is 11.0. The van der Waals surface area contributed by atoms with E-state index in [2.05, 4.69) is 5.32 Å². The van der Waals surface area contributed by atoms with E-state index in [-0.39, 0.29) is 11.6 Å². The van der Waals surface area contributed by atoms with Crippen molar-refractivity contribution < 1.29 is 18.3 Å². The highest BCUT2D eigenvalue weighted by atomic mass is 19.2. The average molecular weight is 320 g/mol. The molecule has 3 nitrogen and oxygen atoms in total. The Balaban J connectivity index is 2.23. The molecule has 0 spiro atoms. The van der Waals surface area contributed by atoms with Gasteiger partial charge in [0.15, 0.2) is 17.5 Å². The van der Waals surface area contributed by atoms with Crippen LogP contribution in [0.2, 0.25) is 0 Å². The molecule has 6 heteroatoms. The Hall–Kier alpha value is -2.36. The van der Waals surface area contributed by atoms with E-state index < -0.39 is 30.1 Å². The zero-order chi connectivity index (χ0) is 17.0. The van der Waals surface area contributed by atoms with Crippen molar-refractivity contribution in [2.45, 2.75) is 19.0 Å². The van der Waals surface area contributed by atoms with Gasteiger partial charge in [0.05, 0.1) is 24.3 Å². The minimum atomic E-state index is -1.54.